The SMILES string of the molecule is O=C([C@H]1CCOC1)N1CC[C@H](OCC2CC2)C1. The van der Waals surface area contributed by atoms with Gasteiger partial charge in [-0.3, -0.25) is 4.79 Å². The van der Waals surface area contributed by atoms with E-state index in [1.165, 1.54) is 12.8 Å². The monoisotopic (exact) mass is 239 g/mol. The number of amides is 1. The summed E-state index contributed by atoms with van der Waals surface area (Å²) in [7, 11) is 0. The predicted molar refractivity (Wildman–Crippen MR) is 62.6 cm³/mol. The summed E-state index contributed by atoms with van der Waals surface area (Å²) < 4.78 is 11.1. The standard InChI is InChI=1S/C13H21NO3/c15-13(11-4-6-16-9-11)14-5-3-12(7-14)17-8-10-1-2-10/h10-12H,1-9H2/t11-,12-/m0/s1. The fourth-order valence-corrected chi connectivity index (χ4v) is 2.61. The Labute approximate surface area is 102 Å². The van der Waals surface area contributed by atoms with E-state index in [9.17, 15) is 4.79 Å². The zero-order valence-electron chi connectivity index (χ0n) is 10.3. The summed E-state index contributed by atoms with van der Waals surface area (Å²) in [6, 6.07) is 0. The minimum absolute atomic E-state index is 0.109. The number of likely N-dealkylation sites (tertiary alicyclic amines) is 1. The Balaban J connectivity index is 1.43. The molecule has 1 saturated carbocycles. The van der Waals surface area contributed by atoms with Gasteiger partial charge in [0, 0.05) is 26.3 Å². The van der Waals surface area contributed by atoms with Crippen LogP contribution in [0, 0.1) is 11.8 Å². The van der Waals surface area contributed by atoms with Gasteiger partial charge in [0.1, 0.15) is 0 Å². The summed E-state index contributed by atoms with van der Waals surface area (Å²) in [5.41, 5.74) is 0. The first-order chi connectivity index (χ1) is 8.33. The molecule has 4 nitrogen and oxygen atoms in total. The molecule has 2 heterocycles. The number of hydrogen-bond donors (Lipinski definition) is 0. The molecule has 0 aromatic carbocycles. The van der Waals surface area contributed by atoms with Crippen molar-refractivity contribution in [2.24, 2.45) is 11.8 Å². The van der Waals surface area contributed by atoms with E-state index in [0.717, 1.165) is 45.1 Å². The molecule has 17 heavy (non-hydrogen) atoms. The Kier molecular flexibility index (Phi) is 3.34. The Morgan fingerprint density at radius 2 is 2.18 bits per heavy atom. The van der Waals surface area contributed by atoms with E-state index in [1.807, 2.05) is 4.90 Å². The maximum atomic E-state index is 12.1. The van der Waals surface area contributed by atoms with Gasteiger partial charge in [0.15, 0.2) is 0 Å². The number of carbonyl (C=O) groups excluding carboxylic acids is 1. The van der Waals surface area contributed by atoms with Gasteiger partial charge in [-0.05, 0) is 31.6 Å². The van der Waals surface area contributed by atoms with E-state index in [0.29, 0.717) is 6.61 Å². The Morgan fingerprint density at radius 3 is 2.88 bits per heavy atom. The molecule has 2 saturated heterocycles. The average molecular weight is 239 g/mol. The maximum Gasteiger partial charge on any atom is 0.228 e. The molecule has 3 rings (SSSR count). The van der Waals surface area contributed by atoms with Gasteiger partial charge in [0.2, 0.25) is 5.91 Å². The van der Waals surface area contributed by atoms with Crippen LogP contribution in [0.3, 0.4) is 0 Å². The van der Waals surface area contributed by atoms with Crippen molar-refractivity contribution in [1.29, 1.82) is 0 Å². The molecule has 1 amide bonds. The molecule has 0 aromatic heterocycles. The van der Waals surface area contributed by atoms with E-state index in [1.54, 1.807) is 0 Å². The third kappa shape index (κ3) is 2.80. The van der Waals surface area contributed by atoms with Gasteiger partial charge in [-0.15, -0.1) is 0 Å². The van der Waals surface area contributed by atoms with Crippen LogP contribution in [-0.4, -0.2) is 49.8 Å². The minimum atomic E-state index is 0.109. The van der Waals surface area contributed by atoms with Crippen LogP contribution in [0.2, 0.25) is 0 Å². The third-order valence-electron chi connectivity index (χ3n) is 4.00. The highest BCUT2D eigenvalue weighted by molar-refractivity contribution is 5.79. The number of carbonyl (C=O) groups is 1. The van der Waals surface area contributed by atoms with Crippen LogP contribution in [0.4, 0.5) is 0 Å². The van der Waals surface area contributed by atoms with Gasteiger partial charge in [0.05, 0.1) is 18.6 Å². The minimum Gasteiger partial charge on any atom is -0.381 e. The van der Waals surface area contributed by atoms with E-state index < -0.39 is 0 Å². The Hall–Kier alpha value is -0.610. The molecule has 0 bridgehead atoms. The van der Waals surface area contributed by atoms with Crippen LogP contribution < -0.4 is 0 Å². The topological polar surface area (TPSA) is 38.8 Å². The first-order valence-corrected chi connectivity index (χ1v) is 6.81. The summed E-state index contributed by atoms with van der Waals surface area (Å²) in [6.45, 7) is 3.92. The highest BCUT2D eigenvalue weighted by Crippen LogP contribution is 2.30. The van der Waals surface area contributed by atoms with E-state index in [4.69, 9.17) is 9.47 Å². The number of nitrogens with zero attached hydrogens (tertiary/aromatic N) is 1. The zero-order valence-corrected chi connectivity index (χ0v) is 10.3. The quantitative estimate of drug-likeness (QED) is 0.736. The molecular weight excluding hydrogens is 218 g/mol. The van der Waals surface area contributed by atoms with Crippen molar-refractivity contribution in [2.75, 3.05) is 32.9 Å². The molecule has 2 atom stereocenters. The lowest BCUT2D eigenvalue weighted by Gasteiger charge is -2.19. The fourth-order valence-electron chi connectivity index (χ4n) is 2.61. The second-order valence-electron chi connectivity index (χ2n) is 5.53. The molecule has 0 aromatic rings. The van der Waals surface area contributed by atoms with Gasteiger partial charge >= 0.3 is 0 Å². The van der Waals surface area contributed by atoms with Crippen molar-refractivity contribution < 1.29 is 14.3 Å². The molecule has 4 heteroatoms. The fraction of sp³-hybridized carbons (Fsp3) is 0.923. The normalized spacial score (nSPS) is 33.3. The van der Waals surface area contributed by atoms with Gasteiger partial charge in [0.25, 0.3) is 0 Å². The second-order valence-corrected chi connectivity index (χ2v) is 5.53. The van der Waals surface area contributed by atoms with Crippen molar-refractivity contribution in [3.63, 3.8) is 0 Å². The van der Waals surface area contributed by atoms with E-state index >= 15 is 0 Å². The predicted octanol–water partition coefficient (Wildman–Crippen LogP) is 1.05. The van der Waals surface area contributed by atoms with Gasteiger partial charge in [-0.25, -0.2) is 0 Å². The molecule has 3 fully saturated rings. The summed E-state index contributed by atoms with van der Waals surface area (Å²) in [4.78, 5) is 14.1. The lowest BCUT2D eigenvalue weighted by atomic mass is 10.1. The third-order valence-corrected chi connectivity index (χ3v) is 4.00. The van der Waals surface area contributed by atoms with Gasteiger partial charge < -0.3 is 14.4 Å². The number of hydrogen-bond acceptors (Lipinski definition) is 3. The van der Waals surface area contributed by atoms with Crippen LogP contribution in [0.25, 0.3) is 0 Å². The summed E-state index contributed by atoms with van der Waals surface area (Å²) >= 11 is 0. The van der Waals surface area contributed by atoms with Crippen LogP contribution in [0.5, 0.6) is 0 Å². The molecule has 0 spiro atoms. The number of rotatable bonds is 4. The lowest BCUT2D eigenvalue weighted by molar-refractivity contribution is -0.134. The van der Waals surface area contributed by atoms with Crippen LogP contribution in [-0.2, 0) is 14.3 Å². The number of ether oxygens (including phenoxy) is 2. The van der Waals surface area contributed by atoms with Crippen molar-refractivity contribution in [3.8, 4) is 0 Å². The second kappa shape index (κ2) is 4.94. The zero-order chi connectivity index (χ0) is 11.7. The van der Waals surface area contributed by atoms with Crippen molar-refractivity contribution in [1.82, 2.24) is 4.90 Å². The Morgan fingerprint density at radius 1 is 1.29 bits per heavy atom. The first-order valence-electron chi connectivity index (χ1n) is 6.81. The molecule has 2 aliphatic heterocycles. The average Bonchev–Trinajstić information content (AvgIpc) is 2.86. The van der Waals surface area contributed by atoms with E-state index in [-0.39, 0.29) is 17.9 Å². The summed E-state index contributed by atoms with van der Waals surface area (Å²) in [5, 5.41) is 0. The molecule has 0 radical (unpaired) electrons. The van der Waals surface area contributed by atoms with Crippen molar-refractivity contribution >= 4 is 5.91 Å². The molecule has 3 aliphatic rings. The van der Waals surface area contributed by atoms with Gasteiger partial charge in [-0.1, -0.05) is 0 Å². The lowest BCUT2D eigenvalue weighted by Crippen LogP contribution is -2.35. The highest BCUT2D eigenvalue weighted by atomic mass is 16.5. The summed E-state index contributed by atoms with van der Waals surface area (Å²) in [5.74, 6) is 1.19. The molecule has 1 aliphatic carbocycles. The molecule has 0 N–H and O–H groups in total. The highest BCUT2D eigenvalue weighted by Gasteiger charge is 2.33. The van der Waals surface area contributed by atoms with Crippen LogP contribution in [0.15, 0.2) is 0 Å². The van der Waals surface area contributed by atoms with Crippen LogP contribution in [0.1, 0.15) is 25.7 Å². The summed E-state index contributed by atoms with van der Waals surface area (Å²) in [6.07, 6.45) is 4.83. The van der Waals surface area contributed by atoms with Crippen molar-refractivity contribution in [2.45, 2.75) is 31.8 Å². The largest absolute Gasteiger partial charge is 0.381 e. The van der Waals surface area contributed by atoms with E-state index in [2.05, 4.69) is 0 Å². The molecule has 0 unspecified atom stereocenters. The Bertz CT molecular complexity index is 284. The maximum absolute atomic E-state index is 12.1. The molecule has 96 valence electrons. The molecular formula is C13H21NO3. The smallest absolute Gasteiger partial charge is 0.228 e. The first kappa shape index (κ1) is 11.5. The van der Waals surface area contributed by atoms with Gasteiger partial charge in [-0.2, -0.15) is 0 Å². The van der Waals surface area contributed by atoms with Crippen molar-refractivity contribution in [3.05, 3.63) is 0 Å². The van der Waals surface area contributed by atoms with Crippen LogP contribution >= 0.6 is 0 Å².